The van der Waals surface area contributed by atoms with Gasteiger partial charge in [0, 0.05) is 62.7 Å². The lowest BCUT2D eigenvalue weighted by molar-refractivity contribution is -0.130. The monoisotopic (exact) mass is 640 g/mol. The number of carbonyl (C=O) groups excluding carboxylic acids is 2. The number of nitrogens with one attached hydrogen (secondary N) is 3. The number of nitrogens with zero attached hydrogens (tertiary/aromatic N) is 3. The van der Waals surface area contributed by atoms with Crippen molar-refractivity contribution in [3.63, 3.8) is 0 Å². The van der Waals surface area contributed by atoms with Crippen molar-refractivity contribution in [1.82, 2.24) is 14.8 Å². The number of fused-ring (bicyclic) bond motifs is 1. The maximum Gasteiger partial charge on any atom is 0.409 e. The Kier molecular flexibility index (Phi) is 9.80. The lowest BCUT2D eigenvalue weighted by Gasteiger charge is -2.33. The summed E-state index contributed by atoms with van der Waals surface area (Å²) in [6.07, 6.45) is 0.477. The van der Waals surface area contributed by atoms with Gasteiger partial charge in [0.2, 0.25) is 5.91 Å². The molecule has 1 fully saturated rings. The summed E-state index contributed by atoms with van der Waals surface area (Å²) in [5.41, 5.74) is 2.44. The van der Waals surface area contributed by atoms with Crippen LogP contribution >= 0.6 is 0 Å². The molecule has 0 unspecified atom stereocenters. The van der Waals surface area contributed by atoms with Crippen LogP contribution in [0.3, 0.4) is 0 Å². The molecule has 0 spiro atoms. The van der Waals surface area contributed by atoms with Crippen molar-refractivity contribution in [3.8, 4) is 17.2 Å². The molecule has 0 atom stereocenters. The average Bonchev–Trinajstić information content (AvgIpc) is 3.02. The van der Waals surface area contributed by atoms with Gasteiger partial charge in [-0.25, -0.2) is 9.59 Å². The third-order valence-electron chi connectivity index (χ3n) is 8.00. The number of rotatable bonds is 8. The number of methoxy groups -OCH3 is 1. The standard InChI is InChI=1S/C35H40N6O6/c1-22(42)41-16-14-40(15-17-41)21-24-20-25(12-13-36-24)47-31-11-10-28(26-8-6-7-9-27(26)31)37-33(43)38-29-18-23(35(2,3)4)19-30(32(29)46-5)39-34(44)45/h6-13,18-20,39H,14-17,21H2,1-5H3,(H,44,45)(H2,37,38,43). The molecule has 1 aliphatic heterocycles. The maximum atomic E-state index is 13.3. The molecule has 4 N–H and O–H groups in total. The highest BCUT2D eigenvalue weighted by Gasteiger charge is 2.23. The summed E-state index contributed by atoms with van der Waals surface area (Å²) in [5.74, 6) is 1.54. The lowest BCUT2D eigenvalue weighted by atomic mass is 9.86. The number of amides is 4. The van der Waals surface area contributed by atoms with Gasteiger partial charge in [-0.15, -0.1) is 0 Å². The predicted molar refractivity (Wildman–Crippen MR) is 182 cm³/mol. The van der Waals surface area contributed by atoms with Gasteiger partial charge in [-0.2, -0.15) is 0 Å². The minimum Gasteiger partial charge on any atom is -0.492 e. The fraction of sp³-hybridized carbons (Fsp3) is 0.314. The molecule has 1 aliphatic rings. The highest BCUT2D eigenvalue weighted by molar-refractivity contribution is 6.08. The number of aromatic nitrogens is 1. The van der Waals surface area contributed by atoms with Crippen LogP contribution in [0.25, 0.3) is 10.8 Å². The van der Waals surface area contributed by atoms with Crippen LogP contribution < -0.4 is 25.4 Å². The zero-order valence-electron chi connectivity index (χ0n) is 27.2. The quantitative estimate of drug-likeness (QED) is 0.166. The number of carboxylic acid groups (broad SMARTS) is 1. The van der Waals surface area contributed by atoms with E-state index in [0.29, 0.717) is 42.5 Å². The van der Waals surface area contributed by atoms with Crippen LogP contribution in [0.1, 0.15) is 39.0 Å². The van der Waals surface area contributed by atoms with Crippen molar-refractivity contribution in [3.05, 3.63) is 78.1 Å². The van der Waals surface area contributed by atoms with Crippen molar-refractivity contribution in [2.45, 2.75) is 39.7 Å². The summed E-state index contributed by atoms with van der Waals surface area (Å²) in [6, 6.07) is 17.8. The Morgan fingerprint density at radius 2 is 1.53 bits per heavy atom. The van der Waals surface area contributed by atoms with Gasteiger partial charge >= 0.3 is 12.1 Å². The molecule has 3 aromatic carbocycles. The zero-order chi connectivity index (χ0) is 33.7. The van der Waals surface area contributed by atoms with E-state index in [1.807, 2.05) is 56.0 Å². The molecule has 4 amide bonds. The number of pyridine rings is 1. The summed E-state index contributed by atoms with van der Waals surface area (Å²) in [7, 11) is 1.41. The van der Waals surface area contributed by atoms with Gasteiger partial charge in [-0.3, -0.25) is 20.0 Å². The Hall–Kier alpha value is -5.36. The number of anilines is 3. The third-order valence-corrected chi connectivity index (χ3v) is 8.00. The van der Waals surface area contributed by atoms with Gasteiger partial charge in [0.25, 0.3) is 0 Å². The largest absolute Gasteiger partial charge is 0.492 e. The number of benzene rings is 3. The van der Waals surface area contributed by atoms with E-state index in [-0.39, 0.29) is 22.8 Å². The maximum absolute atomic E-state index is 13.3. The molecule has 5 rings (SSSR count). The van der Waals surface area contributed by atoms with E-state index in [2.05, 4.69) is 25.8 Å². The fourth-order valence-electron chi connectivity index (χ4n) is 5.51. The van der Waals surface area contributed by atoms with E-state index < -0.39 is 12.1 Å². The fourth-order valence-corrected chi connectivity index (χ4v) is 5.51. The van der Waals surface area contributed by atoms with E-state index in [9.17, 15) is 19.5 Å². The number of hydrogen-bond acceptors (Lipinski definition) is 7. The first-order valence-corrected chi connectivity index (χ1v) is 15.3. The van der Waals surface area contributed by atoms with E-state index in [0.717, 1.165) is 35.1 Å². The van der Waals surface area contributed by atoms with E-state index >= 15 is 0 Å². The molecule has 0 aliphatic carbocycles. The molecule has 12 heteroatoms. The van der Waals surface area contributed by atoms with Gasteiger partial charge in [-0.05, 0) is 41.3 Å². The number of ether oxygens (including phenoxy) is 2. The molecular weight excluding hydrogens is 600 g/mol. The molecule has 1 aromatic heterocycles. The van der Waals surface area contributed by atoms with Crippen LogP contribution in [0.15, 0.2) is 66.9 Å². The Morgan fingerprint density at radius 1 is 0.872 bits per heavy atom. The molecular formula is C35H40N6O6. The van der Waals surface area contributed by atoms with Gasteiger partial charge in [-0.1, -0.05) is 45.0 Å². The van der Waals surface area contributed by atoms with Crippen LogP contribution in [-0.2, 0) is 16.8 Å². The Labute approximate surface area is 273 Å². The first-order chi connectivity index (χ1) is 22.4. The summed E-state index contributed by atoms with van der Waals surface area (Å²) in [5, 5.41) is 19.1. The molecule has 47 heavy (non-hydrogen) atoms. The number of hydrogen-bond donors (Lipinski definition) is 4. The Bertz CT molecular complexity index is 1800. The first-order valence-electron chi connectivity index (χ1n) is 15.3. The van der Waals surface area contributed by atoms with Crippen LogP contribution in [0.5, 0.6) is 17.2 Å². The second-order valence-electron chi connectivity index (χ2n) is 12.4. The highest BCUT2D eigenvalue weighted by atomic mass is 16.5. The topological polar surface area (TPSA) is 145 Å². The smallest absolute Gasteiger partial charge is 0.409 e. The Balaban J connectivity index is 1.34. The molecule has 0 saturated carbocycles. The normalized spacial score (nSPS) is 13.6. The third kappa shape index (κ3) is 8.08. The van der Waals surface area contributed by atoms with E-state index in [1.54, 1.807) is 43.5 Å². The van der Waals surface area contributed by atoms with Crippen LogP contribution in [-0.4, -0.2) is 71.2 Å². The zero-order valence-corrected chi connectivity index (χ0v) is 27.2. The summed E-state index contributed by atoms with van der Waals surface area (Å²) in [6.45, 7) is 11.2. The molecule has 0 bridgehead atoms. The number of piperazine rings is 1. The van der Waals surface area contributed by atoms with Crippen molar-refractivity contribution in [1.29, 1.82) is 0 Å². The molecule has 2 heterocycles. The minimum atomic E-state index is -1.24. The molecule has 246 valence electrons. The molecule has 1 saturated heterocycles. The van der Waals surface area contributed by atoms with E-state index in [1.165, 1.54) is 7.11 Å². The van der Waals surface area contributed by atoms with Crippen molar-refractivity contribution in [2.75, 3.05) is 49.2 Å². The van der Waals surface area contributed by atoms with Crippen LogP contribution in [0.4, 0.5) is 26.7 Å². The van der Waals surface area contributed by atoms with Gasteiger partial charge in [0.15, 0.2) is 5.75 Å². The van der Waals surface area contributed by atoms with Gasteiger partial charge < -0.3 is 30.1 Å². The summed E-state index contributed by atoms with van der Waals surface area (Å²) >= 11 is 0. The van der Waals surface area contributed by atoms with Gasteiger partial charge in [0.05, 0.1) is 29.9 Å². The summed E-state index contributed by atoms with van der Waals surface area (Å²) in [4.78, 5) is 45.1. The molecule has 12 nitrogen and oxygen atoms in total. The van der Waals surface area contributed by atoms with Gasteiger partial charge in [0.1, 0.15) is 11.5 Å². The minimum absolute atomic E-state index is 0.0995. The molecule has 4 aromatic rings. The lowest BCUT2D eigenvalue weighted by Crippen LogP contribution is -2.47. The number of carbonyl (C=O) groups is 3. The van der Waals surface area contributed by atoms with Crippen molar-refractivity contribution >= 4 is 45.9 Å². The van der Waals surface area contributed by atoms with Crippen LogP contribution in [0, 0.1) is 0 Å². The van der Waals surface area contributed by atoms with Crippen LogP contribution in [0.2, 0.25) is 0 Å². The Morgan fingerprint density at radius 3 is 2.17 bits per heavy atom. The first kappa shape index (κ1) is 33.0. The SMILES string of the molecule is COc1c(NC(=O)O)cc(C(C)(C)C)cc1NC(=O)Nc1ccc(Oc2ccnc(CN3CCN(C(C)=O)CC3)c2)c2ccccc12. The van der Waals surface area contributed by atoms with Crippen molar-refractivity contribution in [2.24, 2.45) is 0 Å². The predicted octanol–water partition coefficient (Wildman–Crippen LogP) is 6.73. The second-order valence-corrected chi connectivity index (χ2v) is 12.4. The average molecular weight is 641 g/mol. The second kappa shape index (κ2) is 14.0. The summed E-state index contributed by atoms with van der Waals surface area (Å²) < 4.78 is 11.8. The van der Waals surface area contributed by atoms with E-state index in [4.69, 9.17) is 9.47 Å². The van der Waals surface area contributed by atoms with Crippen molar-refractivity contribution < 1.29 is 29.0 Å². The number of urea groups is 1. The molecule has 0 radical (unpaired) electrons. The highest BCUT2D eigenvalue weighted by Crippen LogP contribution is 2.39.